The van der Waals surface area contributed by atoms with E-state index >= 15 is 0 Å². The highest BCUT2D eigenvalue weighted by Crippen LogP contribution is 1.98. The van der Waals surface area contributed by atoms with E-state index in [0.29, 0.717) is 0 Å². The van der Waals surface area contributed by atoms with Gasteiger partial charge in [0.05, 0.1) is 0 Å². The molecule has 0 bridgehead atoms. The fraction of sp³-hybridized carbons (Fsp3) is 0.250. The fourth-order valence-electron chi connectivity index (χ4n) is 4.22. The number of benzene rings is 3. The monoisotopic (exact) mass is 530 g/mol. The van der Waals surface area contributed by atoms with E-state index in [0.717, 1.165) is 15.6 Å². The van der Waals surface area contributed by atoms with E-state index in [-0.39, 0.29) is 0 Å². The molecular weight excluding hydrogens is 497 g/mol. The Morgan fingerprint density at radius 3 is 0.676 bits per heavy atom. The minimum atomic E-state index is -1.83. The first-order valence-corrected chi connectivity index (χ1v) is 17.4. The molecule has 3 aromatic rings. The molecule has 0 spiro atoms. The van der Waals surface area contributed by atoms with Crippen LogP contribution in [0, 0.1) is 0 Å². The highest BCUT2D eigenvalue weighted by Gasteiger charge is 2.23. The van der Waals surface area contributed by atoms with E-state index in [2.05, 4.69) is 72.8 Å². The van der Waals surface area contributed by atoms with Crippen LogP contribution in [0.25, 0.3) is 0 Å². The second-order valence-corrected chi connectivity index (χ2v) is 17.5. The molecule has 0 atom stereocenters. The van der Waals surface area contributed by atoms with Crippen LogP contribution in [0.15, 0.2) is 72.8 Å². The summed E-state index contributed by atoms with van der Waals surface area (Å²) >= 11 is 0. The van der Waals surface area contributed by atoms with Crippen molar-refractivity contribution in [1.29, 1.82) is 0 Å². The topological polar surface area (TPSA) is 55.4 Å². The molecule has 0 N–H and O–H groups in total. The Hall–Kier alpha value is -1.71. The maximum absolute atomic E-state index is 5.56. The van der Waals surface area contributed by atoms with Gasteiger partial charge in [-0.3, -0.25) is 0 Å². The molecule has 0 heterocycles. The minimum absolute atomic E-state index is 1.13. The van der Waals surface area contributed by atoms with Crippen molar-refractivity contribution in [3.8, 4) is 0 Å². The van der Waals surface area contributed by atoms with Crippen molar-refractivity contribution >= 4 is 67.8 Å². The van der Waals surface area contributed by atoms with Crippen molar-refractivity contribution in [3.05, 3.63) is 72.8 Å². The molecule has 0 amide bonds. The molecule has 10 heteroatoms. The number of hydrogen-bond donors (Lipinski definition) is 0. The van der Waals surface area contributed by atoms with Crippen LogP contribution in [0.3, 0.4) is 0 Å². The molecule has 0 fully saturated rings. The van der Waals surface area contributed by atoms with E-state index in [1.54, 1.807) is 42.7 Å². The average molecular weight is 531 g/mol. The molecular formula is C24H34O6Si4. The maximum Gasteiger partial charge on any atom is 0.355 e. The second-order valence-electron chi connectivity index (χ2n) is 7.84. The SMILES string of the molecule is CO[SiH](OC)c1ccc([SiH](c2ccc([SiH](OC)OC)cc2)c2ccc([SiH](OC)OC)cc2)cc1. The van der Waals surface area contributed by atoms with Gasteiger partial charge < -0.3 is 26.6 Å². The Bertz CT molecular complexity index is 858. The van der Waals surface area contributed by atoms with Crippen molar-refractivity contribution in [3.63, 3.8) is 0 Å². The molecule has 0 aliphatic rings. The number of hydrogen-bond acceptors (Lipinski definition) is 6. The van der Waals surface area contributed by atoms with Crippen LogP contribution in [0.2, 0.25) is 0 Å². The zero-order valence-corrected chi connectivity index (χ0v) is 25.3. The first-order valence-electron chi connectivity index (χ1n) is 11.1. The minimum Gasteiger partial charge on any atom is -0.397 e. The van der Waals surface area contributed by atoms with Gasteiger partial charge in [0, 0.05) is 42.7 Å². The molecule has 0 aliphatic heterocycles. The second kappa shape index (κ2) is 13.4. The average Bonchev–Trinajstić information content (AvgIpc) is 2.89. The third-order valence-corrected chi connectivity index (χ3v) is 14.4. The third-order valence-electron chi connectivity index (χ3n) is 5.91. The Kier molecular flexibility index (Phi) is 10.6. The summed E-state index contributed by atoms with van der Waals surface area (Å²) in [6, 6.07) is 26.3. The van der Waals surface area contributed by atoms with Crippen molar-refractivity contribution < 1.29 is 26.6 Å². The lowest BCUT2D eigenvalue weighted by molar-refractivity contribution is 0.291. The lowest BCUT2D eigenvalue weighted by Crippen LogP contribution is -2.53. The van der Waals surface area contributed by atoms with Crippen molar-refractivity contribution in [2.24, 2.45) is 0 Å². The first-order chi connectivity index (χ1) is 16.6. The maximum atomic E-state index is 5.56. The van der Waals surface area contributed by atoms with Gasteiger partial charge >= 0.3 is 27.9 Å². The van der Waals surface area contributed by atoms with Crippen molar-refractivity contribution in [2.75, 3.05) is 42.7 Å². The van der Waals surface area contributed by atoms with Crippen LogP contribution in [-0.4, -0.2) is 79.3 Å². The molecule has 0 radical (unpaired) electrons. The lowest BCUT2D eigenvalue weighted by atomic mass is 10.3. The van der Waals surface area contributed by atoms with Crippen LogP contribution in [0.1, 0.15) is 0 Å². The summed E-state index contributed by atoms with van der Waals surface area (Å²) in [5.74, 6) is 0. The lowest BCUT2D eigenvalue weighted by Gasteiger charge is -2.20. The Morgan fingerprint density at radius 2 is 0.500 bits per heavy atom. The molecule has 0 aromatic heterocycles. The van der Waals surface area contributed by atoms with E-state index in [1.165, 1.54) is 15.6 Å². The van der Waals surface area contributed by atoms with Gasteiger partial charge in [0.2, 0.25) is 0 Å². The van der Waals surface area contributed by atoms with Gasteiger partial charge in [-0.2, -0.15) is 0 Å². The van der Waals surface area contributed by atoms with E-state index in [4.69, 9.17) is 26.6 Å². The molecule has 3 aromatic carbocycles. The molecule has 6 nitrogen and oxygen atoms in total. The van der Waals surface area contributed by atoms with Gasteiger partial charge in [-0.25, -0.2) is 0 Å². The molecule has 182 valence electrons. The summed E-state index contributed by atoms with van der Waals surface area (Å²) in [5, 5.41) is 7.41. The van der Waals surface area contributed by atoms with Crippen LogP contribution in [-0.2, 0) is 26.6 Å². The Balaban J connectivity index is 2.01. The van der Waals surface area contributed by atoms with Gasteiger partial charge in [0.15, 0.2) is 0 Å². The molecule has 3 rings (SSSR count). The van der Waals surface area contributed by atoms with Crippen LogP contribution in [0.5, 0.6) is 0 Å². The third kappa shape index (κ3) is 6.29. The van der Waals surface area contributed by atoms with Crippen LogP contribution >= 0.6 is 0 Å². The summed E-state index contributed by atoms with van der Waals surface area (Å²) in [6.45, 7) is 0. The molecule has 0 unspecified atom stereocenters. The van der Waals surface area contributed by atoms with Gasteiger partial charge in [-0.05, 0) is 15.6 Å². The summed E-state index contributed by atoms with van der Waals surface area (Å²) < 4.78 is 33.3. The highest BCUT2D eigenvalue weighted by atomic mass is 28.3. The van der Waals surface area contributed by atoms with Gasteiger partial charge in [-0.1, -0.05) is 88.4 Å². The standard InChI is InChI=1S/C24H34O6Si4/c1-25-32(26-2)22-13-7-19(8-14-22)31(20-9-15-23(16-10-20)33(27-3)28-4)21-11-17-24(18-12-21)34(29-5)30-6/h7-18,31-34H,1-6H3. The first kappa shape index (κ1) is 26.9. The number of rotatable bonds is 12. The normalized spacial score (nSPS) is 11.8. The smallest absolute Gasteiger partial charge is 0.355 e. The summed E-state index contributed by atoms with van der Waals surface area (Å²) in [5.41, 5.74) is 0. The Morgan fingerprint density at radius 1 is 0.324 bits per heavy atom. The van der Waals surface area contributed by atoms with Crippen LogP contribution in [0.4, 0.5) is 0 Å². The molecule has 0 saturated carbocycles. The largest absolute Gasteiger partial charge is 0.397 e. The zero-order valence-electron chi connectivity index (χ0n) is 20.7. The van der Waals surface area contributed by atoms with E-state index < -0.39 is 36.6 Å². The van der Waals surface area contributed by atoms with Gasteiger partial charge in [-0.15, -0.1) is 0 Å². The van der Waals surface area contributed by atoms with Crippen molar-refractivity contribution in [2.45, 2.75) is 0 Å². The molecule has 0 aliphatic carbocycles. The summed E-state index contributed by atoms with van der Waals surface area (Å²) in [6.07, 6.45) is 0. The van der Waals surface area contributed by atoms with E-state index in [9.17, 15) is 0 Å². The molecule has 34 heavy (non-hydrogen) atoms. The van der Waals surface area contributed by atoms with Gasteiger partial charge in [0.25, 0.3) is 0 Å². The predicted molar refractivity (Wildman–Crippen MR) is 148 cm³/mol. The summed E-state index contributed by atoms with van der Waals surface area (Å²) in [4.78, 5) is 0. The molecule has 0 saturated heterocycles. The van der Waals surface area contributed by atoms with Crippen LogP contribution < -0.4 is 31.1 Å². The predicted octanol–water partition coefficient (Wildman–Crippen LogP) is -1.90. The quantitative estimate of drug-likeness (QED) is 0.201. The van der Waals surface area contributed by atoms with Gasteiger partial charge in [0.1, 0.15) is 8.80 Å². The fourth-order valence-corrected chi connectivity index (χ4v) is 10.8. The van der Waals surface area contributed by atoms with Crippen molar-refractivity contribution in [1.82, 2.24) is 0 Å². The zero-order chi connectivity index (χ0) is 24.5. The Labute approximate surface area is 209 Å². The highest BCUT2D eigenvalue weighted by molar-refractivity contribution is 6.95. The summed E-state index contributed by atoms with van der Waals surface area (Å²) in [7, 11) is 3.05. The van der Waals surface area contributed by atoms with E-state index in [1.807, 2.05) is 0 Å².